The predicted octanol–water partition coefficient (Wildman–Crippen LogP) is 3.72. The van der Waals surface area contributed by atoms with Crippen LogP contribution in [0, 0.1) is 5.41 Å². The molecule has 112 valence electrons. The molecule has 0 aliphatic rings. The molecule has 0 aliphatic heterocycles. The summed E-state index contributed by atoms with van der Waals surface area (Å²) in [4.78, 5) is 14.4. The van der Waals surface area contributed by atoms with E-state index in [9.17, 15) is 4.79 Å². The van der Waals surface area contributed by atoms with Crippen molar-refractivity contribution in [3.63, 3.8) is 0 Å². The minimum Gasteiger partial charge on any atom is -0.304 e. The molecule has 2 rings (SSSR count). The molecular weight excluding hydrogens is 306 g/mol. The summed E-state index contributed by atoms with van der Waals surface area (Å²) in [6.45, 7) is 6.25. The van der Waals surface area contributed by atoms with E-state index >= 15 is 0 Å². The summed E-state index contributed by atoms with van der Waals surface area (Å²) >= 11 is 7.79. The van der Waals surface area contributed by atoms with Crippen molar-refractivity contribution in [3.8, 4) is 0 Å². The Bertz CT molecular complexity index is 581. The van der Waals surface area contributed by atoms with Crippen LogP contribution in [0.2, 0.25) is 0 Å². The van der Waals surface area contributed by atoms with E-state index in [4.69, 9.17) is 11.6 Å². The Morgan fingerprint density at radius 3 is 2.52 bits per heavy atom. The molecule has 0 spiro atoms. The highest BCUT2D eigenvalue weighted by atomic mass is 35.5. The van der Waals surface area contributed by atoms with Gasteiger partial charge in [-0.25, -0.2) is 0 Å². The first-order valence-electron chi connectivity index (χ1n) is 6.65. The zero-order valence-corrected chi connectivity index (χ0v) is 13.9. The molecule has 0 bridgehead atoms. The Balaban J connectivity index is 2.30. The average molecular weight is 324 g/mol. The zero-order valence-electron chi connectivity index (χ0n) is 12.3. The molecule has 1 unspecified atom stereocenters. The van der Waals surface area contributed by atoms with Crippen molar-refractivity contribution in [2.45, 2.75) is 32.7 Å². The second-order valence-corrected chi connectivity index (χ2v) is 7.18. The molecule has 21 heavy (non-hydrogen) atoms. The van der Waals surface area contributed by atoms with Crippen LogP contribution in [0.3, 0.4) is 0 Å². The summed E-state index contributed by atoms with van der Waals surface area (Å²) in [5.74, 6) is -0.120. The van der Waals surface area contributed by atoms with Crippen LogP contribution in [0.15, 0.2) is 35.8 Å². The number of carbonyl (C=O) groups is 1. The maximum absolute atomic E-state index is 12.8. The standard InChI is InChI=1S/C15H18ClN3OS/c1-15(2,3)13(16)14(20)19(9-12-18-17-10-21-12)11-7-5-4-6-8-11/h4-8,10,13H,9H2,1-3H3. The summed E-state index contributed by atoms with van der Waals surface area (Å²) in [6.07, 6.45) is 0. The van der Waals surface area contributed by atoms with Gasteiger partial charge in [0.1, 0.15) is 15.9 Å². The van der Waals surface area contributed by atoms with Gasteiger partial charge in [0.25, 0.3) is 0 Å². The van der Waals surface area contributed by atoms with Crippen molar-refractivity contribution >= 4 is 34.5 Å². The molecule has 1 amide bonds. The monoisotopic (exact) mass is 323 g/mol. The highest BCUT2D eigenvalue weighted by Crippen LogP contribution is 2.29. The Labute approximate surface area is 133 Å². The average Bonchev–Trinajstić information content (AvgIpc) is 2.96. The van der Waals surface area contributed by atoms with Crippen molar-refractivity contribution in [2.75, 3.05) is 4.90 Å². The van der Waals surface area contributed by atoms with E-state index < -0.39 is 5.38 Å². The summed E-state index contributed by atoms with van der Waals surface area (Å²) < 4.78 is 0. The van der Waals surface area contributed by atoms with Gasteiger partial charge in [0.15, 0.2) is 0 Å². The van der Waals surface area contributed by atoms with Crippen molar-refractivity contribution < 1.29 is 4.79 Å². The van der Waals surface area contributed by atoms with Gasteiger partial charge < -0.3 is 4.90 Å². The lowest BCUT2D eigenvalue weighted by Gasteiger charge is -2.30. The summed E-state index contributed by atoms with van der Waals surface area (Å²) in [7, 11) is 0. The summed E-state index contributed by atoms with van der Waals surface area (Å²) in [5, 5.41) is 8.01. The molecule has 2 aromatic rings. The van der Waals surface area contributed by atoms with Gasteiger partial charge in [-0.15, -0.1) is 33.1 Å². The fourth-order valence-corrected chi connectivity index (χ4v) is 2.44. The van der Waals surface area contributed by atoms with Gasteiger partial charge in [-0.05, 0) is 17.5 Å². The number of alkyl halides is 1. The highest BCUT2D eigenvalue weighted by Gasteiger charge is 2.33. The molecule has 0 fully saturated rings. The lowest BCUT2D eigenvalue weighted by molar-refractivity contribution is -0.120. The van der Waals surface area contributed by atoms with Crippen LogP contribution in [-0.2, 0) is 11.3 Å². The number of hydrogen-bond donors (Lipinski definition) is 0. The quantitative estimate of drug-likeness (QED) is 0.805. The number of halogens is 1. The smallest absolute Gasteiger partial charge is 0.245 e. The number of para-hydroxylation sites is 1. The lowest BCUT2D eigenvalue weighted by Crippen LogP contribution is -2.42. The van der Waals surface area contributed by atoms with Gasteiger partial charge in [0.05, 0.1) is 6.54 Å². The largest absolute Gasteiger partial charge is 0.304 e. The van der Waals surface area contributed by atoms with Crippen LogP contribution in [0.25, 0.3) is 0 Å². The van der Waals surface area contributed by atoms with Crippen molar-refractivity contribution in [2.24, 2.45) is 5.41 Å². The second kappa shape index (κ2) is 6.54. The van der Waals surface area contributed by atoms with E-state index in [1.54, 1.807) is 10.4 Å². The van der Waals surface area contributed by atoms with Crippen molar-refractivity contribution in [1.29, 1.82) is 0 Å². The molecule has 0 N–H and O–H groups in total. The zero-order chi connectivity index (χ0) is 15.5. The van der Waals surface area contributed by atoms with E-state index in [0.717, 1.165) is 10.7 Å². The molecule has 1 aromatic carbocycles. The van der Waals surface area contributed by atoms with Crippen molar-refractivity contribution in [3.05, 3.63) is 40.8 Å². The lowest BCUT2D eigenvalue weighted by atomic mass is 9.91. The molecular formula is C15H18ClN3OS. The molecule has 4 nitrogen and oxygen atoms in total. The third-order valence-corrected chi connectivity index (χ3v) is 4.53. The summed E-state index contributed by atoms with van der Waals surface area (Å²) in [5.41, 5.74) is 2.16. The van der Waals surface area contributed by atoms with E-state index in [2.05, 4.69) is 10.2 Å². The SMILES string of the molecule is CC(C)(C)C(Cl)C(=O)N(Cc1nncs1)c1ccccc1. The van der Waals surface area contributed by atoms with Crippen LogP contribution >= 0.6 is 22.9 Å². The fraction of sp³-hybridized carbons (Fsp3) is 0.400. The van der Waals surface area contributed by atoms with Gasteiger partial charge in [0.2, 0.25) is 5.91 Å². The van der Waals surface area contributed by atoms with Crippen LogP contribution < -0.4 is 4.90 Å². The topological polar surface area (TPSA) is 46.1 Å². The molecule has 1 heterocycles. The van der Waals surface area contributed by atoms with Crippen LogP contribution in [0.4, 0.5) is 5.69 Å². The number of hydrogen-bond acceptors (Lipinski definition) is 4. The minimum absolute atomic E-state index is 0.120. The van der Waals surface area contributed by atoms with Crippen LogP contribution in [-0.4, -0.2) is 21.5 Å². The normalized spacial score (nSPS) is 13.0. The van der Waals surface area contributed by atoms with Gasteiger partial charge >= 0.3 is 0 Å². The maximum Gasteiger partial charge on any atom is 0.245 e. The Morgan fingerprint density at radius 1 is 1.33 bits per heavy atom. The number of anilines is 1. The third-order valence-electron chi connectivity index (χ3n) is 3.01. The molecule has 0 aliphatic carbocycles. The highest BCUT2D eigenvalue weighted by molar-refractivity contribution is 7.09. The molecule has 0 saturated heterocycles. The van der Waals surface area contributed by atoms with Gasteiger partial charge in [-0.1, -0.05) is 39.0 Å². The molecule has 1 atom stereocenters. The Morgan fingerprint density at radius 2 is 2.00 bits per heavy atom. The van der Waals surface area contributed by atoms with Crippen LogP contribution in [0.1, 0.15) is 25.8 Å². The first-order chi connectivity index (χ1) is 9.89. The van der Waals surface area contributed by atoms with E-state index in [1.807, 2.05) is 51.1 Å². The number of aromatic nitrogens is 2. The van der Waals surface area contributed by atoms with E-state index in [-0.39, 0.29) is 11.3 Å². The van der Waals surface area contributed by atoms with Crippen molar-refractivity contribution in [1.82, 2.24) is 10.2 Å². The van der Waals surface area contributed by atoms with Gasteiger partial charge in [0, 0.05) is 5.69 Å². The molecule has 1 aromatic heterocycles. The number of amides is 1. The fourth-order valence-electron chi connectivity index (χ4n) is 1.81. The van der Waals surface area contributed by atoms with Gasteiger partial charge in [-0.3, -0.25) is 4.79 Å². The summed E-state index contributed by atoms with van der Waals surface area (Å²) in [6, 6.07) is 9.50. The Kier molecular flexibility index (Phi) is 4.96. The van der Waals surface area contributed by atoms with Crippen LogP contribution in [0.5, 0.6) is 0 Å². The maximum atomic E-state index is 12.8. The second-order valence-electron chi connectivity index (χ2n) is 5.82. The third kappa shape index (κ3) is 4.02. The molecule has 0 saturated carbocycles. The molecule has 6 heteroatoms. The first kappa shape index (κ1) is 15.9. The van der Waals surface area contributed by atoms with E-state index in [0.29, 0.717) is 6.54 Å². The van der Waals surface area contributed by atoms with E-state index in [1.165, 1.54) is 11.3 Å². The molecule has 0 radical (unpaired) electrons. The Hall–Kier alpha value is -1.46. The minimum atomic E-state index is -0.606. The predicted molar refractivity (Wildman–Crippen MR) is 86.6 cm³/mol. The number of nitrogens with zero attached hydrogens (tertiary/aromatic N) is 3. The first-order valence-corrected chi connectivity index (χ1v) is 7.97. The number of rotatable bonds is 4. The number of benzene rings is 1. The van der Waals surface area contributed by atoms with Gasteiger partial charge in [-0.2, -0.15) is 0 Å². The number of carbonyl (C=O) groups excluding carboxylic acids is 1.